The van der Waals surface area contributed by atoms with Gasteiger partial charge in [-0.2, -0.15) is 5.10 Å². The molecule has 3 aromatic rings. The number of carbonyl (C=O) groups excluding carboxylic acids is 1. The number of hydrogen-bond donors (Lipinski definition) is 1. The van der Waals surface area contributed by atoms with E-state index in [0.717, 1.165) is 59.9 Å². The Morgan fingerprint density at radius 3 is 3.00 bits per heavy atom. The largest absolute Gasteiger partial charge is 0.497 e. The Bertz CT molecular complexity index is 1110. The van der Waals surface area contributed by atoms with Crippen molar-refractivity contribution in [2.24, 2.45) is 0 Å². The summed E-state index contributed by atoms with van der Waals surface area (Å²) in [5.74, 6) is 0.729. The fraction of sp³-hybridized carbons (Fsp3) is 0.458. The maximum atomic E-state index is 13.5. The fourth-order valence-corrected chi connectivity index (χ4v) is 5.40. The van der Waals surface area contributed by atoms with Gasteiger partial charge in [0.15, 0.2) is 5.69 Å². The normalized spacial score (nSPS) is 18.8. The first-order chi connectivity index (χ1) is 16.1. The van der Waals surface area contributed by atoms with Gasteiger partial charge in [-0.15, -0.1) is 11.3 Å². The number of amides is 1. The molecule has 1 saturated heterocycles. The van der Waals surface area contributed by atoms with Crippen LogP contribution in [0.2, 0.25) is 0 Å². The lowest BCUT2D eigenvalue weighted by molar-refractivity contribution is 0.0466. The van der Waals surface area contributed by atoms with Crippen LogP contribution in [0.4, 0.5) is 0 Å². The molecular weight excluding hydrogens is 438 g/mol. The molecule has 8 nitrogen and oxygen atoms in total. The highest BCUT2D eigenvalue weighted by molar-refractivity contribution is 7.09. The van der Waals surface area contributed by atoms with Crippen LogP contribution in [0.15, 0.2) is 35.8 Å². The van der Waals surface area contributed by atoms with Crippen LogP contribution in [0.3, 0.4) is 0 Å². The number of fused-ring (bicyclic) bond motifs is 1. The molecule has 0 saturated carbocycles. The molecule has 0 spiro atoms. The van der Waals surface area contributed by atoms with Gasteiger partial charge < -0.3 is 14.7 Å². The molecule has 1 fully saturated rings. The van der Waals surface area contributed by atoms with E-state index in [0.29, 0.717) is 31.9 Å². The summed E-state index contributed by atoms with van der Waals surface area (Å²) in [6.45, 7) is 3.96. The van der Waals surface area contributed by atoms with Crippen molar-refractivity contribution in [1.82, 2.24) is 24.6 Å². The van der Waals surface area contributed by atoms with Gasteiger partial charge in [0.2, 0.25) is 0 Å². The third-order valence-corrected chi connectivity index (χ3v) is 7.17. The molecule has 2 aromatic heterocycles. The summed E-state index contributed by atoms with van der Waals surface area (Å²) < 4.78 is 7.36. The minimum atomic E-state index is -0.459. The predicted octanol–water partition coefficient (Wildman–Crippen LogP) is 2.55. The molecule has 1 atom stereocenters. The Morgan fingerprint density at radius 1 is 1.30 bits per heavy atom. The standard InChI is InChI=1S/C24H29N5O3S/c1-32-19-6-2-4-17(12-19)13-29-21-7-10-27(16-22-25-8-11-33-22)15-20(21)23(26-29)24(31)28-9-3-5-18(30)14-28/h2,4,6,8,11-12,18,30H,3,5,7,9-10,13-16H2,1H3/t18-/m1/s1. The summed E-state index contributed by atoms with van der Waals surface area (Å²) in [4.78, 5) is 22.0. The number of likely N-dealkylation sites (tertiary alicyclic amines) is 1. The van der Waals surface area contributed by atoms with Crippen LogP contribution in [-0.2, 0) is 26.1 Å². The van der Waals surface area contributed by atoms with Crippen molar-refractivity contribution in [3.8, 4) is 5.75 Å². The van der Waals surface area contributed by atoms with E-state index in [4.69, 9.17) is 9.84 Å². The maximum Gasteiger partial charge on any atom is 0.274 e. The van der Waals surface area contributed by atoms with E-state index in [1.165, 1.54) is 0 Å². The number of ether oxygens (including phenoxy) is 1. The molecule has 0 radical (unpaired) electrons. The average molecular weight is 468 g/mol. The summed E-state index contributed by atoms with van der Waals surface area (Å²) in [6.07, 6.45) is 3.76. The number of rotatable bonds is 6. The smallest absolute Gasteiger partial charge is 0.274 e. The first kappa shape index (κ1) is 22.1. The molecule has 9 heteroatoms. The molecule has 0 bridgehead atoms. The predicted molar refractivity (Wildman–Crippen MR) is 125 cm³/mol. The molecule has 5 rings (SSSR count). The lowest BCUT2D eigenvalue weighted by Gasteiger charge is -2.30. The first-order valence-electron chi connectivity index (χ1n) is 11.4. The zero-order chi connectivity index (χ0) is 22.8. The molecule has 2 aliphatic heterocycles. The Kier molecular flexibility index (Phi) is 6.43. The molecule has 2 aliphatic rings. The van der Waals surface area contributed by atoms with E-state index in [1.54, 1.807) is 23.3 Å². The van der Waals surface area contributed by atoms with Crippen molar-refractivity contribution < 1.29 is 14.6 Å². The lowest BCUT2D eigenvalue weighted by Crippen LogP contribution is -2.43. The van der Waals surface area contributed by atoms with Crippen LogP contribution in [-0.4, -0.2) is 68.4 Å². The van der Waals surface area contributed by atoms with Crippen LogP contribution in [0, 0.1) is 0 Å². The molecular formula is C24H29N5O3S. The fourth-order valence-electron chi connectivity index (χ4n) is 4.74. The number of aromatic nitrogens is 3. The van der Waals surface area contributed by atoms with Crippen LogP contribution in [0.5, 0.6) is 5.75 Å². The number of β-amino-alcohol motifs (C(OH)–C–C–N with tert-alkyl or cyclic N) is 1. The second-order valence-electron chi connectivity index (χ2n) is 8.72. The van der Waals surface area contributed by atoms with Crippen molar-refractivity contribution in [2.45, 2.75) is 45.0 Å². The van der Waals surface area contributed by atoms with Crippen molar-refractivity contribution >= 4 is 17.2 Å². The summed E-state index contributed by atoms with van der Waals surface area (Å²) >= 11 is 1.65. The Morgan fingerprint density at radius 2 is 2.21 bits per heavy atom. The second kappa shape index (κ2) is 9.62. The van der Waals surface area contributed by atoms with Gasteiger partial charge in [0.25, 0.3) is 5.91 Å². The number of methoxy groups -OCH3 is 1. The van der Waals surface area contributed by atoms with Crippen LogP contribution in [0.1, 0.15) is 45.2 Å². The Labute approximate surface area is 197 Å². The van der Waals surface area contributed by atoms with E-state index in [2.05, 4.69) is 16.0 Å². The quantitative estimate of drug-likeness (QED) is 0.600. The van der Waals surface area contributed by atoms with E-state index in [1.807, 2.05) is 34.5 Å². The zero-order valence-electron chi connectivity index (χ0n) is 18.8. The Balaban J connectivity index is 1.45. The molecule has 33 heavy (non-hydrogen) atoms. The number of aliphatic hydroxyl groups excluding tert-OH is 1. The van der Waals surface area contributed by atoms with Crippen LogP contribution < -0.4 is 4.74 Å². The SMILES string of the molecule is COc1cccc(Cn2nc(C(=O)N3CCC[C@@H](O)C3)c3c2CCN(Cc2nccs2)C3)c1. The molecule has 1 N–H and O–H groups in total. The molecule has 0 aliphatic carbocycles. The number of thiazole rings is 1. The van der Waals surface area contributed by atoms with E-state index in [-0.39, 0.29) is 5.91 Å². The number of carbonyl (C=O) groups is 1. The van der Waals surface area contributed by atoms with Gasteiger partial charge in [-0.1, -0.05) is 12.1 Å². The van der Waals surface area contributed by atoms with Gasteiger partial charge in [0.1, 0.15) is 10.8 Å². The molecule has 0 unspecified atom stereocenters. The number of aliphatic hydroxyl groups is 1. The highest BCUT2D eigenvalue weighted by atomic mass is 32.1. The first-order valence-corrected chi connectivity index (χ1v) is 12.3. The van der Waals surface area contributed by atoms with Gasteiger partial charge in [-0.25, -0.2) is 4.98 Å². The number of piperidine rings is 1. The number of benzene rings is 1. The minimum Gasteiger partial charge on any atom is -0.497 e. The van der Waals surface area contributed by atoms with Gasteiger partial charge >= 0.3 is 0 Å². The van der Waals surface area contributed by atoms with Crippen molar-refractivity contribution in [3.63, 3.8) is 0 Å². The average Bonchev–Trinajstić information content (AvgIpc) is 3.47. The van der Waals surface area contributed by atoms with E-state index in [9.17, 15) is 9.90 Å². The summed E-state index contributed by atoms with van der Waals surface area (Å²) in [5, 5.41) is 18.0. The topological polar surface area (TPSA) is 83.7 Å². The van der Waals surface area contributed by atoms with E-state index >= 15 is 0 Å². The van der Waals surface area contributed by atoms with Crippen molar-refractivity contribution in [3.05, 3.63) is 63.4 Å². The third kappa shape index (κ3) is 4.80. The van der Waals surface area contributed by atoms with Gasteiger partial charge in [-0.3, -0.25) is 14.4 Å². The van der Waals surface area contributed by atoms with Crippen LogP contribution in [0.25, 0.3) is 0 Å². The van der Waals surface area contributed by atoms with Crippen molar-refractivity contribution in [2.75, 3.05) is 26.7 Å². The highest BCUT2D eigenvalue weighted by Gasteiger charge is 2.32. The highest BCUT2D eigenvalue weighted by Crippen LogP contribution is 2.27. The zero-order valence-corrected chi connectivity index (χ0v) is 19.6. The second-order valence-corrected chi connectivity index (χ2v) is 9.70. The molecule has 1 amide bonds. The van der Waals surface area contributed by atoms with Gasteiger partial charge in [0, 0.05) is 55.4 Å². The monoisotopic (exact) mass is 467 g/mol. The lowest BCUT2D eigenvalue weighted by atomic mass is 10.0. The van der Waals surface area contributed by atoms with E-state index < -0.39 is 6.10 Å². The van der Waals surface area contributed by atoms with Gasteiger partial charge in [-0.05, 0) is 30.5 Å². The van der Waals surface area contributed by atoms with Gasteiger partial charge in [0.05, 0.1) is 26.3 Å². The minimum absolute atomic E-state index is 0.0782. The van der Waals surface area contributed by atoms with Crippen molar-refractivity contribution in [1.29, 1.82) is 0 Å². The molecule has 1 aromatic carbocycles. The third-order valence-electron chi connectivity index (χ3n) is 6.41. The number of nitrogens with zero attached hydrogens (tertiary/aromatic N) is 5. The molecule has 4 heterocycles. The summed E-state index contributed by atoms with van der Waals surface area (Å²) in [5.41, 5.74) is 3.72. The Hall–Kier alpha value is -2.75. The summed E-state index contributed by atoms with van der Waals surface area (Å²) in [6, 6.07) is 7.96. The maximum absolute atomic E-state index is 13.5. The number of hydrogen-bond acceptors (Lipinski definition) is 7. The van der Waals surface area contributed by atoms with Crippen LogP contribution >= 0.6 is 11.3 Å². The molecule has 174 valence electrons. The summed E-state index contributed by atoms with van der Waals surface area (Å²) in [7, 11) is 1.66.